The Labute approximate surface area is 171 Å². The highest BCUT2D eigenvalue weighted by Crippen LogP contribution is 2.41. The summed E-state index contributed by atoms with van der Waals surface area (Å²) in [6.07, 6.45) is 5.26. The second kappa shape index (κ2) is 6.38. The summed E-state index contributed by atoms with van der Waals surface area (Å²) >= 11 is 0. The molecule has 3 heterocycles. The first kappa shape index (κ1) is 17.8. The minimum atomic E-state index is -0.439. The average molecular weight is 399 g/mol. The second-order valence-corrected chi connectivity index (χ2v) is 7.14. The van der Waals surface area contributed by atoms with Crippen LogP contribution in [0.2, 0.25) is 0 Å². The minimum absolute atomic E-state index is 0.0437. The van der Waals surface area contributed by atoms with Crippen LogP contribution in [0.5, 0.6) is 17.2 Å². The van der Waals surface area contributed by atoms with Gasteiger partial charge >= 0.3 is 0 Å². The van der Waals surface area contributed by atoms with Crippen LogP contribution in [0.25, 0.3) is 28.1 Å². The number of Topliss-reactive ketones (excluding diaryl/α,β-unsaturated/α-hetero) is 1. The Morgan fingerprint density at radius 3 is 2.77 bits per heavy atom. The molecule has 0 saturated heterocycles. The SMILES string of the molecule is Cn1cc(C=C2Oc3cc(O)cc(O)c3C2=O)c2c(-c3ccc(N)nc3)cccc21. The molecule has 4 aromatic rings. The highest BCUT2D eigenvalue weighted by Gasteiger charge is 2.31. The van der Waals surface area contributed by atoms with E-state index in [-0.39, 0.29) is 28.6 Å². The van der Waals surface area contributed by atoms with Gasteiger partial charge in [-0.3, -0.25) is 4.79 Å². The number of hydrogen-bond donors (Lipinski definition) is 3. The van der Waals surface area contributed by atoms with Crippen molar-refractivity contribution in [1.82, 2.24) is 9.55 Å². The normalized spacial score (nSPS) is 14.3. The van der Waals surface area contributed by atoms with Crippen LogP contribution in [0.3, 0.4) is 0 Å². The van der Waals surface area contributed by atoms with Crippen molar-refractivity contribution >= 4 is 28.6 Å². The van der Waals surface area contributed by atoms with Gasteiger partial charge < -0.3 is 25.3 Å². The molecule has 0 fully saturated rings. The maximum absolute atomic E-state index is 12.8. The zero-order chi connectivity index (χ0) is 21.0. The summed E-state index contributed by atoms with van der Waals surface area (Å²) < 4.78 is 7.62. The number of anilines is 1. The van der Waals surface area contributed by atoms with Crippen molar-refractivity contribution in [2.24, 2.45) is 7.05 Å². The smallest absolute Gasteiger partial charge is 0.235 e. The number of rotatable bonds is 2. The molecule has 148 valence electrons. The van der Waals surface area contributed by atoms with Crippen LogP contribution in [0.4, 0.5) is 5.82 Å². The number of phenolic OH excluding ortho intramolecular Hbond substituents is 2. The minimum Gasteiger partial charge on any atom is -0.508 e. The summed E-state index contributed by atoms with van der Waals surface area (Å²) in [5, 5.41) is 20.7. The molecular weight excluding hydrogens is 382 g/mol. The first-order valence-corrected chi connectivity index (χ1v) is 9.22. The van der Waals surface area contributed by atoms with E-state index in [0.717, 1.165) is 33.7 Å². The second-order valence-electron chi connectivity index (χ2n) is 7.14. The fraction of sp³-hybridized carbons (Fsp3) is 0.0435. The zero-order valence-corrected chi connectivity index (χ0v) is 16.0. The number of pyridine rings is 1. The molecule has 30 heavy (non-hydrogen) atoms. The first-order valence-electron chi connectivity index (χ1n) is 9.22. The lowest BCUT2D eigenvalue weighted by Crippen LogP contribution is -1.98. The van der Waals surface area contributed by atoms with Crippen molar-refractivity contribution in [3.05, 3.63) is 71.7 Å². The van der Waals surface area contributed by atoms with Gasteiger partial charge in [0.2, 0.25) is 5.78 Å². The predicted octanol–water partition coefficient (Wildman–Crippen LogP) is 3.85. The van der Waals surface area contributed by atoms with Crippen LogP contribution < -0.4 is 10.5 Å². The largest absolute Gasteiger partial charge is 0.508 e. The lowest BCUT2D eigenvalue weighted by Gasteiger charge is -2.06. The van der Waals surface area contributed by atoms with Gasteiger partial charge in [0, 0.05) is 53.6 Å². The number of ketones is 1. The molecule has 0 spiro atoms. The number of hydrogen-bond acceptors (Lipinski definition) is 6. The van der Waals surface area contributed by atoms with Crippen LogP contribution in [0.15, 0.2) is 60.6 Å². The molecule has 4 N–H and O–H groups in total. The fourth-order valence-corrected chi connectivity index (χ4v) is 3.81. The highest BCUT2D eigenvalue weighted by atomic mass is 16.5. The third-order valence-corrected chi connectivity index (χ3v) is 5.16. The Bertz CT molecular complexity index is 1370. The van der Waals surface area contributed by atoms with Gasteiger partial charge in [0.15, 0.2) is 5.76 Å². The van der Waals surface area contributed by atoms with E-state index in [2.05, 4.69) is 4.98 Å². The molecule has 0 amide bonds. The third kappa shape index (κ3) is 2.68. The predicted molar refractivity (Wildman–Crippen MR) is 113 cm³/mol. The van der Waals surface area contributed by atoms with E-state index in [1.54, 1.807) is 18.3 Å². The molecule has 1 aliphatic rings. The van der Waals surface area contributed by atoms with Crippen molar-refractivity contribution in [3.8, 4) is 28.4 Å². The quantitative estimate of drug-likeness (QED) is 0.442. The number of aryl methyl sites for hydroxylation is 1. The molecule has 0 aliphatic carbocycles. The summed E-state index contributed by atoms with van der Waals surface area (Å²) in [4.78, 5) is 17.0. The lowest BCUT2D eigenvalue weighted by molar-refractivity contribution is 0.101. The number of nitrogens with zero attached hydrogens (tertiary/aromatic N) is 2. The average Bonchev–Trinajstić information content (AvgIpc) is 3.19. The Balaban J connectivity index is 1.68. The summed E-state index contributed by atoms with van der Waals surface area (Å²) in [5.74, 6) is -0.289. The van der Waals surface area contributed by atoms with E-state index in [1.807, 2.05) is 42.1 Å². The standard InChI is InChI=1S/C23H17N3O4/c1-26-11-13(7-19-23(29)22-17(28)8-14(27)9-18(22)30-19)21-15(3-2-4-16(21)26)12-5-6-20(24)25-10-12/h2-11,27-28H,1H3,(H2,24,25). The van der Waals surface area contributed by atoms with Crippen LogP contribution in [-0.4, -0.2) is 25.5 Å². The number of nitrogen functional groups attached to an aromatic ring is 1. The molecule has 2 aromatic heterocycles. The van der Waals surface area contributed by atoms with Crippen LogP contribution in [0, 0.1) is 0 Å². The Morgan fingerprint density at radius 1 is 1.17 bits per heavy atom. The van der Waals surface area contributed by atoms with E-state index in [4.69, 9.17) is 10.5 Å². The van der Waals surface area contributed by atoms with Crippen molar-refractivity contribution < 1.29 is 19.7 Å². The van der Waals surface area contributed by atoms with Gasteiger partial charge in [-0.1, -0.05) is 12.1 Å². The molecule has 2 aromatic carbocycles. The summed E-state index contributed by atoms with van der Waals surface area (Å²) in [5.41, 5.74) is 9.35. The van der Waals surface area contributed by atoms with E-state index in [9.17, 15) is 15.0 Å². The number of carbonyl (C=O) groups excluding carboxylic acids is 1. The molecule has 7 heteroatoms. The number of aromatic hydroxyl groups is 2. The molecule has 1 aliphatic heterocycles. The van der Waals surface area contributed by atoms with E-state index >= 15 is 0 Å². The summed E-state index contributed by atoms with van der Waals surface area (Å²) in [7, 11) is 1.92. The van der Waals surface area contributed by atoms with Gasteiger partial charge in [0.25, 0.3) is 0 Å². The molecule has 0 unspecified atom stereocenters. The Hall–Kier alpha value is -4.26. The molecule has 0 bridgehead atoms. The highest BCUT2D eigenvalue weighted by molar-refractivity contribution is 6.17. The Morgan fingerprint density at radius 2 is 2.00 bits per heavy atom. The Kier molecular flexibility index (Phi) is 3.79. The fourth-order valence-electron chi connectivity index (χ4n) is 3.81. The number of benzene rings is 2. The number of phenols is 2. The van der Waals surface area contributed by atoms with Gasteiger partial charge in [-0.25, -0.2) is 4.98 Å². The molecule has 5 rings (SSSR count). The van der Waals surface area contributed by atoms with Crippen molar-refractivity contribution in [2.45, 2.75) is 0 Å². The van der Waals surface area contributed by atoms with Crippen molar-refractivity contribution in [1.29, 1.82) is 0 Å². The number of ether oxygens (including phenoxy) is 1. The summed E-state index contributed by atoms with van der Waals surface area (Å²) in [6.45, 7) is 0. The van der Waals surface area contributed by atoms with Gasteiger partial charge in [0.05, 0.1) is 0 Å². The van der Waals surface area contributed by atoms with Crippen LogP contribution in [-0.2, 0) is 7.05 Å². The first-order chi connectivity index (χ1) is 14.4. The zero-order valence-electron chi connectivity index (χ0n) is 16.0. The number of allylic oxidation sites excluding steroid dienone is 1. The monoisotopic (exact) mass is 399 g/mol. The molecule has 0 radical (unpaired) electrons. The maximum atomic E-state index is 12.8. The number of nitrogens with two attached hydrogens (primary N) is 1. The van der Waals surface area contributed by atoms with E-state index in [1.165, 1.54) is 6.07 Å². The maximum Gasteiger partial charge on any atom is 0.235 e. The van der Waals surface area contributed by atoms with Gasteiger partial charge in [-0.15, -0.1) is 0 Å². The molecule has 7 nitrogen and oxygen atoms in total. The van der Waals surface area contributed by atoms with Crippen molar-refractivity contribution in [2.75, 3.05) is 5.73 Å². The van der Waals surface area contributed by atoms with Crippen LogP contribution in [0.1, 0.15) is 15.9 Å². The van der Waals surface area contributed by atoms with Gasteiger partial charge in [-0.2, -0.15) is 0 Å². The van der Waals surface area contributed by atoms with E-state index < -0.39 is 5.78 Å². The number of carbonyl (C=O) groups is 1. The number of aromatic nitrogens is 2. The molecule has 0 atom stereocenters. The number of fused-ring (bicyclic) bond motifs is 2. The van der Waals surface area contributed by atoms with Crippen molar-refractivity contribution in [3.63, 3.8) is 0 Å². The lowest BCUT2D eigenvalue weighted by atomic mass is 9.99. The van der Waals surface area contributed by atoms with E-state index in [0.29, 0.717) is 5.82 Å². The summed E-state index contributed by atoms with van der Waals surface area (Å²) in [6, 6.07) is 12.0. The van der Waals surface area contributed by atoms with Gasteiger partial charge in [0.1, 0.15) is 28.6 Å². The topological polar surface area (TPSA) is 111 Å². The third-order valence-electron chi connectivity index (χ3n) is 5.16. The molecule has 0 saturated carbocycles. The van der Waals surface area contributed by atoms with Crippen LogP contribution >= 0.6 is 0 Å². The molecular formula is C23H17N3O4. The van der Waals surface area contributed by atoms with Gasteiger partial charge in [-0.05, 0) is 29.8 Å².